The Balaban J connectivity index is 2.24. The number of anilines is 2. The van der Waals surface area contributed by atoms with Gasteiger partial charge < -0.3 is 11.1 Å². The molecule has 3 N–H and O–H groups in total. The van der Waals surface area contributed by atoms with Crippen LogP contribution in [-0.2, 0) is 4.79 Å². The lowest BCUT2D eigenvalue weighted by Gasteiger charge is -2.14. The Bertz CT molecular complexity index is 485. The molecule has 1 unspecified atom stereocenters. The van der Waals surface area contributed by atoms with E-state index in [4.69, 9.17) is 5.73 Å². The Morgan fingerprint density at radius 3 is 2.72 bits per heavy atom. The van der Waals surface area contributed by atoms with Crippen molar-refractivity contribution in [2.24, 2.45) is 5.92 Å². The molecule has 5 heteroatoms. The quantitative estimate of drug-likeness (QED) is 0.631. The van der Waals surface area contributed by atoms with Crippen molar-refractivity contribution in [2.45, 2.75) is 26.3 Å². The molecule has 0 radical (unpaired) electrons. The van der Waals surface area contributed by atoms with Gasteiger partial charge in [0.15, 0.2) is 0 Å². The number of nitrogens with two attached hydrogens (primary N) is 1. The molecule has 0 saturated carbocycles. The average molecular weight is 247 g/mol. The zero-order valence-corrected chi connectivity index (χ0v) is 10.5. The third-order valence-corrected chi connectivity index (χ3v) is 2.85. The van der Waals surface area contributed by atoms with Gasteiger partial charge in [-0.15, -0.1) is 0 Å². The number of benzene rings is 1. The first kappa shape index (κ1) is 12.4. The molecule has 0 bridgehead atoms. The van der Waals surface area contributed by atoms with Crippen molar-refractivity contribution < 1.29 is 9.59 Å². The minimum Gasteiger partial charge on any atom is -0.399 e. The summed E-state index contributed by atoms with van der Waals surface area (Å²) in [5, 5.41) is 2.70. The standard InChI is InChI=1S/C13H17N3O2/c1-8(2)6-11-12(17)16(13(18)15-11)10-5-3-4-9(14)7-10/h3-5,7-8,11H,6,14H2,1-2H3,(H,15,18). The Kier molecular flexibility index (Phi) is 3.23. The van der Waals surface area contributed by atoms with E-state index in [1.54, 1.807) is 24.3 Å². The number of carbonyl (C=O) groups is 2. The third kappa shape index (κ3) is 2.30. The predicted octanol–water partition coefficient (Wildman–Crippen LogP) is 1.74. The van der Waals surface area contributed by atoms with Crippen LogP contribution in [0, 0.1) is 5.92 Å². The molecule has 2 rings (SSSR count). The number of imide groups is 1. The summed E-state index contributed by atoms with van der Waals surface area (Å²) in [7, 11) is 0. The van der Waals surface area contributed by atoms with Crippen LogP contribution < -0.4 is 16.0 Å². The molecule has 1 aromatic carbocycles. The normalized spacial score (nSPS) is 19.5. The molecule has 96 valence electrons. The fourth-order valence-electron chi connectivity index (χ4n) is 2.07. The monoisotopic (exact) mass is 247 g/mol. The van der Waals surface area contributed by atoms with E-state index in [1.807, 2.05) is 13.8 Å². The number of rotatable bonds is 3. The van der Waals surface area contributed by atoms with Gasteiger partial charge in [-0.05, 0) is 30.5 Å². The van der Waals surface area contributed by atoms with E-state index in [-0.39, 0.29) is 11.9 Å². The third-order valence-electron chi connectivity index (χ3n) is 2.85. The first-order valence-electron chi connectivity index (χ1n) is 5.99. The van der Waals surface area contributed by atoms with Crippen LogP contribution in [0.2, 0.25) is 0 Å². The summed E-state index contributed by atoms with van der Waals surface area (Å²) < 4.78 is 0. The van der Waals surface area contributed by atoms with Gasteiger partial charge in [0.25, 0.3) is 5.91 Å². The lowest BCUT2D eigenvalue weighted by Crippen LogP contribution is -2.31. The van der Waals surface area contributed by atoms with E-state index >= 15 is 0 Å². The molecule has 0 spiro atoms. The molecule has 0 aromatic heterocycles. The minimum absolute atomic E-state index is 0.209. The van der Waals surface area contributed by atoms with Crippen LogP contribution in [0.5, 0.6) is 0 Å². The molecule has 1 atom stereocenters. The number of nitrogens with one attached hydrogen (secondary N) is 1. The van der Waals surface area contributed by atoms with Crippen molar-refractivity contribution in [3.05, 3.63) is 24.3 Å². The number of amides is 3. The predicted molar refractivity (Wildman–Crippen MR) is 70.1 cm³/mol. The molecular formula is C13H17N3O2. The number of urea groups is 1. The van der Waals surface area contributed by atoms with Crippen molar-refractivity contribution in [2.75, 3.05) is 10.6 Å². The van der Waals surface area contributed by atoms with Gasteiger partial charge in [-0.25, -0.2) is 9.69 Å². The van der Waals surface area contributed by atoms with Gasteiger partial charge in [0.2, 0.25) is 0 Å². The molecule has 5 nitrogen and oxygen atoms in total. The average Bonchev–Trinajstić information content (AvgIpc) is 2.53. The number of hydrogen-bond acceptors (Lipinski definition) is 3. The van der Waals surface area contributed by atoms with Crippen molar-refractivity contribution in [3.63, 3.8) is 0 Å². The van der Waals surface area contributed by atoms with Gasteiger partial charge >= 0.3 is 6.03 Å². The van der Waals surface area contributed by atoms with Gasteiger partial charge in [0.05, 0.1) is 5.69 Å². The molecule has 3 amide bonds. The Morgan fingerprint density at radius 1 is 1.39 bits per heavy atom. The van der Waals surface area contributed by atoms with Gasteiger partial charge in [-0.1, -0.05) is 19.9 Å². The zero-order chi connectivity index (χ0) is 13.3. The second-order valence-electron chi connectivity index (χ2n) is 4.90. The fourth-order valence-corrected chi connectivity index (χ4v) is 2.07. The van der Waals surface area contributed by atoms with Crippen molar-refractivity contribution in [1.29, 1.82) is 0 Å². The summed E-state index contributed by atoms with van der Waals surface area (Å²) in [5.74, 6) is 0.138. The van der Waals surface area contributed by atoms with E-state index in [0.29, 0.717) is 23.7 Å². The molecule has 1 aliphatic heterocycles. The number of carbonyl (C=O) groups excluding carboxylic acids is 2. The molecule has 1 fully saturated rings. The van der Waals surface area contributed by atoms with Gasteiger partial charge in [-0.3, -0.25) is 4.79 Å². The smallest absolute Gasteiger partial charge is 0.329 e. The van der Waals surface area contributed by atoms with Crippen LogP contribution in [0.15, 0.2) is 24.3 Å². The van der Waals surface area contributed by atoms with Crippen molar-refractivity contribution in [3.8, 4) is 0 Å². The summed E-state index contributed by atoms with van der Waals surface area (Å²) in [4.78, 5) is 25.2. The van der Waals surface area contributed by atoms with Crippen molar-refractivity contribution >= 4 is 23.3 Å². The van der Waals surface area contributed by atoms with E-state index in [2.05, 4.69) is 5.32 Å². The zero-order valence-electron chi connectivity index (χ0n) is 10.5. The van der Waals surface area contributed by atoms with Crippen LogP contribution >= 0.6 is 0 Å². The molecule has 1 aliphatic rings. The molecular weight excluding hydrogens is 230 g/mol. The van der Waals surface area contributed by atoms with Crippen LogP contribution in [0.25, 0.3) is 0 Å². The second-order valence-corrected chi connectivity index (χ2v) is 4.90. The maximum Gasteiger partial charge on any atom is 0.329 e. The number of hydrogen-bond donors (Lipinski definition) is 2. The van der Waals surface area contributed by atoms with E-state index in [1.165, 1.54) is 0 Å². The van der Waals surface area contributed by atoms with Crippen LogP contribution in [0.4, 0.5) is 16.2 Å². The largest absolute Gasteiger partial charge is 0.399 e. The molecule has 1 heterocycles. The Hall–Kier alpha value is -2.04. The highest BCUT2D eigenvalue weighted by atomic mass is 16.2. The van der Waals surface area contributed by atoms with Crippen LogP contribution in [0.3, 0.4) is 0 Å². The summed E-state index contributed by atoms with van der Waals surface area (Å²) in [5.41, 5.74) is 6.71. The molecule has 1 aromatic rings. The first-order chi connectivity index (χ1) is 8.49. The number of nitrogens with zero attached hydrogens (tertiary/aromatic N) is 1. The Morgan fingerprint density at radius 2 is 2.11 bits per heavy atom. The highest BCUT2D eigenvalue weighted by molar-refractivity contribution is 6.21. The van der Waals surface area contributed by atoms with E-state index < -0.39 is 6.04 Å². The minimum atomic E-state index is -0.432. The maximum absolute atomic E-state index is 12.2. The van der Waals surface area contributed by atoms with Crippen molar-refractivity contribution in [1.82, 2.24) is 5.32 Å². The molecule has 18 heavy (non-hydrogen) atoms. The fraction of sp³-hybridized carbons (Fsp3) is 0.385. The summed E-state index contributed by atoms with van der Waals surface area (Å²) in [6, 6.07) is 5.95. The van der Waals surface area contributed by atoms with Crippen LogP contribution in [0.1, 0.15) is 20.3 Å². The SMILES string of the molecule is CC(C)CC1NC(=O)N(c2cccc(N)c2)C1=O. The highest BCUT2D eigenvalue weighted by Crippen LogP contribution is 2.23. The van der Waals surface area contributed by atoms with E-state index in [9.17, 15) is 9.59 Å². The summed E-state index contributed by atoms with van der Waals surface area (Å²) >= 11 is 0. The van der Waals surface area contributed by atoms with E-state index in [0.717, 1.165) is 4.90 Å². The highest BCUT2D eigenvalue weighted by Gasteiger charge is 2.39. The maximum atomic E-state index is 12.2. The lowest BCUT2D eigenvalue weighted by atomic mass is 10.0. The molecule has 1 saturated heterocycles. The topological polar surface area (TPSA) is 75.4 Å². The molecule has 0 aliphatic carbocycles. The van der Waals surface area contributed by atoms with Gasteiger partial charge in [-0.2, -0.15) is 0 Å². The summed E-state index contributed by atoms with van der Waals surface area (Å²) in [6.45, 7) is 4.03. The summed E-state index contributed by atoms with van der Waals surface area (Å²) in [6.07, 6.45) is 0.642. The van der Waals surface area contributed by atoms with Gasteiger partial charge in [0.1, 0.15) is 6.04 Å². The second kappa shape index (κ2) is 4.68. The lowest BCUT2D eigenvalue weighted by molar-refractivity contribution is -0.118. The van der Waals surface area contributed by atoms with Crippen LogP contribution in [-0.4, -0.2) is 18.0 Å². The number of nitrogen functional groups attached to an aromatic ring is 1. The first-order valence-corrected chi connectivity index (χ1v) is 5.99. The van der Waals surface area contributed by atoms with Gasteiger partial charge in [0, 0.05) is 5.69 Å². The Labute approximate surface area is 106 Å².